The highest BCUT2D eigenvalue weighted by molar-refractivity contribution is 7.39. The van der Waals surface area contributed by atoms with Crippen molar-refractivity contribution in [2.45, 2.75) is 18.8 Å². The molecular weight excluding hydrogens is 234 g/mol. The van der Waals surface area contributed by atoms with Gasteiger partial charge < -0.3 is 15.5 Å². The minimum absolute atomic E-state index is 0.0227. The van der Waals surface area contributed by atoms with Gasteiger partial charge in [-0.25, -0.2) is 0 Å². The zero-order chi connectivity index (χ0) is 11.2. The molecule has 8 nitrogen and oxygen atoms in total. The molecule has 0 aromatic carbocycles. The van der Waals surface area contributed by atoms with Crippen LogP contribution in [0.2, 0.25) is 0 Å². The molecule has 10 heteroatoms. The smallest absolute Gasteiger partial charge is 0.330 e. The standard InChI is InChI=1S/C4H12N2O6P2/c5-3-1-2-4(6,11-13(7)8)12-14(9)10/h7-8H,1-3,5-6H2/p+1. The SMILES string of the molecule is NCCCC(N)(OP(O)O)O[P+](=O)O. The Morgan fingerprint density at radius 1 is 1.50 bits per heavy atom. The van der Waals surface area contributed by atoms with Crippen molar-refractivity contribution < 1.29 is 28.3 Å². The Hall–Kier alpha value is 0.250. The quantitative estimate of drug-likeness (QED) is 0.291. The summed E-state index contributed by atoms with van der Waals surface area (Å²) in [5.74, 6) is -1.99. The lowest BCUT2D eigenvalue weighted by molar-refractivity contribution is -0.120. The average Bonchev–Trinajstić information content (AvgIpc) is 1.97. The van der Waals surface area contributed by atoms with E-state index in [4.69, 9.17) is 26.1 Å². The van der Waals surface area contributed by atoms with Crippen LogP contribution in [0, 0.1) is 0 Å². The molecule has 0 amide bonds. The second-order valence-electron chi connectivity index (χ2n) is 2.38. The summed E-state index contributed by atoms with van der Waals surface area (Å²) in [5, 5.41) is 0. The summed E-state index contributed by atoms with van der Waals surface area (Å²) in [6.45, 7) is 0.267. The Labute approximate surface area is 82.8 Å². The van der Waals surface area contributed by atoms with E-state index in [1.807, 2.05) is 0 Å². The number of rotatable bonds is 7. The van der Waals surface area contributed by atoms with Gasteiger partial charge in [0.1, 0.15) is 0 Å². The maximum Gasteiger partial charge on any atom is 0.699 e. The van der Waals surface area contributed by atoms with Crippen molar-refractivity contribution in [3.05, 3.63) is 0 Å². The van der Waals surface area contributed by atoms with E-state index in [1.54, 1.807) is 0 Å². The van der Waals surface area contributed by atoms with Crippen molar-refractivity contribution in [3.63, 3.8) is 0 Å². The van der Waals surface area contributed by atoms with E-state index >= 15 is 0 Å². The summed E-state index contributed by atoms with van der Waals surface area (Å²) < 4.78 is 19.0. The largest absolute Gasteiger partial charge is 0.699 e. The molecule has 0 aliphatic heterocycles. The third kappa shape index (κ3) is 6.67. The summed E-state index contributed by atoms with van der Waals surface area (Å²) in [4.78, 5) is 25.5. The van der Waals surface area contributed by atoms with Crippen LogP contribution in [-0.2, 0) is 13.6 Å². The van der Waals surface area contributed by atoms with E-state index in [0.717, 1.165) is 0 Å². The van der Waals surface area contributed by atoms with E-state index in [-0.39, 0.29) is 13.0 Å². The molecule has 7 N–H and O–H groups in total. The Kier molecular flexibility index (Phi) is 6.80. The predicted octanol–water partition coefficient (Wildman–Crippen LogP) is -0.768. The van der Waals surface area contributed by atoms with Crippen molar-refractivity contribution in [1.82, 2.24) is 0 Å². The van der Waals surface area contributed by atoms with E-state index in [9.17, 15) is 4.57 Å². The van der Waals surface area contributed by atoms with E-state index in [2.05, 4.69) is 9.05 Å². The fraction of sp³-hybridized carbons (Fsp3) is 1.00. The maximum absolute atomic E-state index is 10.3. The molecule has 14 heavy (non-hydrogen) atoms. The van der Waals surface area contributed by atoms with Crippen LogP contribution in [0.1, 0.15) is 12.8 Å². The first-order chi connectivity index (χ1) is 6.39. The summed E-state index contributed by atoms with van der Waals surface area (Å²) in [6, 6.07) is 0. The average molecular weight is 247 g/mol. The van der Waals surface area contributed by atoms with Crippen LogP contribution in [0.5, 0.6) is 0 Å². The minimum Gasteiger partial charge on any atom is -0.330 e. The maximum atomic E-state index is 10.3. The van der Waals surface area contributed by atoms with Gasteiger partial charge in [-0.3, -0.25) is 10.3 Å². The molecule has 0 aromatic heterocycles. The fourth-order valence-corrected chi connectivity index (χ4v) is 1.58. The zero-order valence-corrected chi connectivity index (χ0v) is 9.03. The Balaban J connectivity index is 4.24. The number of nitrogens with two attached hydrogens (primary N) is 2. The summed E-state index contributed by atoms with van der Waals surface area (Å²) >= 11 is 0. The van der Waals surface area contributed by atoms with Crippen molar-refractivity contribution in [1.29, 1.82) is 0 Å². The lowest BCUT2D eigenvalue weighted by Gasteiger charge is -2.22. The first-order valence-corrected chi connectivity index (χ1v) is 5.90. The highest BCUT2D eigenvalue weighted by Crippen LogP contribution is 2.37. The van der Waals surface area contributed by atoms with E-state index < -0.39 is 22.8 Å². The van der Waals surface area contributed by atoms with Crippen LogP contribution in [0.3, 0.4) is 0 Å². The molecule has 0 saturated carbocycles. The number of hydrogen-bond acceptors (Lipinski definition) is 7. The van der Waals surface area contributed by atoms with Crippen LogP contribution in [0.25, 0.3) is 0 Å². The van der Waals surface area contributed by atoms with Gasteiger partial charge in [-0.2, -0.15) is 0 Å². The molecular formula is C4H13N2O6P2+. The first kappa shape index (κ1) is 14.2. The van der Waals surface area contributed by atoms with Gasteiger partial charge in [-0.05, 0) is 13.0 Å². The van der Waals surface area contributed by atoms with Crippen LogP contribution < -0.4 is 11.5 Å². The molecule has 0 aromatic rings. The highest BCUT2D eigenvalue weighted by Gasteiger charge is 2.39. The normalized spacial score (nSPS) is 16.9. The van der Waals surface area contributed by atoms with Gasteiger partial charge in [0.2, 0.25) is 0 Å². The van der Waals surface area contributed by atoms with Crippen molar-refractivity contribution in [2.24, 2.45) is 11.5 Å². The molecule has 0 bridgehead atoms. The van der Waals surface area contributed by atoms with Gasteiger partial charge in [0, 0.05) is 11.0 Å². The molecule has 0 fully saturated rings. The Morgan fingerprint density at radius 2 is 2.07 bits per heavy atom. The second kappa shape index (κ2) is 6.68. The van der Waals surface area contributed by atoms with Gasteiger partial charge in [-0.1, -0.05) is 4.52 Å². The van der Waals surface area contributed by atoms with Crippen LogP contribution in [0.4, 0.5) is 0 Å². The van der Waals surface area contributed by atoms with Gasteiger partial charge in [0.15, 0.2) is 0 Å². The van der Waals surface area contributed by atoms with Gasteiger partial charge in [-0.15, -0.1) is 4.89 Å². The Bertz CT molecular complexity index is 193. The van der Waals surface area contributed by atoms with Crippen LogP contribution in [-0.4, -0.2) is 27.1 Å². The van der Waals surface area contributed by atoms with Crippen molar-refractivity contribution in [2.75, 3.05) is 6.54 Å². The molecule has 0 rings (SSSR count). The van der Waals surface area contributed by atoms with Crippen LogP contribution >= 0.6 is 16.9 Å². The molecule has 0 saturated heterocycles. The van der Waals surface area contributed by atoms with Crippen LogP contribution in [0.15, 0.2) is 0 Å². The predicted molar refractivity (Wildman–Crippen MR) is 48.6 cm³/mol. The summed E-state index contributed by atoms with van der Waals surface area (Å²) in [5.41, 5.74) is 10.5. The first-order valence-electron chi connectivity index (χ1n) is 3.61. The molecule has 0 spiro atoms. The third-order valence-corrected chi connectivity index (χ3v) is 2.14. The zero-order valence-electron chi connectivity index (χ0n) is 7.24. The summed E-state index contributed by atoms with van der Waals surface area (Å²) in [6.07, 6.45) is 0.327. The summed E-state index contributed by atoms with van der Waals surface area (Å²) in [7, 11) is -5.75. The van der Waals surface area contributed by atoms with E-state index in [1.165, 1.54) is 0 Å². The molecule has 0 aliphatic rings. The highest BCUT2D eigenvalue weighted by atomic mass is 31.2. The van der Waals surface area contributed by atoms with Crippen molar-refractivity contribution in [3.8, 4) is 0 Å². The minimum atomic E-state index is -2.99. The lowest BCUT2D eigenvalue weighted by atomic mass is 10.2. The second-order valence-corrected chi connectivity index (χ2v) is 3.72. The van der Waals surface area contributed by atoms with Crippen molar-refractivity contribution >= 4 is 16.9 Å². The number of hydrogen-bond donors (Lipinski definition) is 5. The van der Waals surface area contributed by atoms with Gasteiger partial charge >= 0.3 is 16.9 Å². The molecule has 2 atom stereocenters. The molecule has 0 heterocycles. The monoisotopic (exact) mass is 247 g/mol. The molecule has 2 unspecified atom stereocenters. The van der Waals surface area contributed by atoms with Gasteiger partial charge in [0.05, 0.1) is 0 Å². The molecule has 84 valence electrons. The van der Waals surface area contributed by atoms with Gasteiger partial charge in [0.25, 0.3) is 5.91 Å². The molecule has 0 radical (unpaired) electrons. The third-order valence-electron chi connectivity index (χ3n) is 1.20. The van der Waals surface area contributed by atoms with E-state index in [0.29, 0.717) is 6.42 Å². The fourth-order valence-electron chi connectivity index (χ4n) is 0.727. The Morgan fingerprint density at radius 3 is 2.43 bits per heavy atom. The lowest BCUT2D eigenvalue weighted by Crippen LogP contribution is -2.43. The topological polar surface area (TPSA) is 148 Å². The molecule has 0 aliphatic carbocycles.